The Morgan fingerprint density at radius 3 is 2.77 bits per heavy atom. The van der Waals surface area contributed by atoms with Crippen LogP contribution in [0, 0.1) is 5.82 Å². The summed E-state index contributed by atoms with van der Waals surface area (Å²) in [5, 5.41) is 1.77. The highest BCUT2D eigenvalue weighted by Crippen LogP contribution is 2.35. The maximum Gasteiger partial charge on any atom is 0.256 e. The van der Waals surface area contributed by atoms with Gasteiger partial charge in [0.25, 0.3) is 5.91 Å². The monoisotopic (exact) mass is 452 g/mol. The van der Waals surface area contributed by atoms with Crippen LogP contribution in [-0.2, 0) is 0 Å². The van der Waals surface area contributed by atoms with E-state index in [0.29, 0.717) is 28.5 Å². The number of fused-ring (bicyclic) bond motifs is 1. The van der Waals surface area contributed by atoms with Gasteiger partial charge in [-0.3, -0.25) is 4.79 Å². The quantitative estimate of drug-likeness (QED) is 0.486. The number of likely N-dealkylation sites (tertiary alicyclic amines) is 1. The van der Waals surface area contributed by atoms with Crippen molar-refractivity contribution in [3.05, 3.63) is 62.3 Å². The minimum Gasteiger partial charge on any atom is -0.339 e. The van der Waals surface area contributed by atoms with Gasteiger partial charge in [-0.2, -0.15) is 0 Å². The molecule has 0 atom stereocenters. The summed E-state index contributed by atoms with van der Waals surface area (Å²) in [5.74, 6) is -0.413. The van der Waals surface area contributed by atoms with E-state index in [9.17, 15) is 9.18 Å². The van der Waals surface area contributed by atoms with E-state index in [1.165, 1.54) is 6.07 Å². The Kier molecular flexibility index (Phi) is 4.99. The lowest BCUT2D eigenvalue weighted by molar-refractivity contribution is 0.0708. The van der Waals surface area contributed by atoms with E-state index in [0.717, 1.165) is 28.1 Å². The Bertz CT molecular complexity index is 985. The summed E-state index contributed by atoms with van der Waals surface area (Å²) in [6, 6.07) is 10.2. The van der Waals surface area contributed by atoms with Crippen LogP contribution in [0.5, 0.6) is 0 Å². The predicted octanol–water partition coefficient (Wildman–Crippen LogP) is 5.87. The van der Waals surface area contributed by atoms with E-state index in [1.54, 1.807) is 28.4 Å². The number of benzene rings is 2. The molecular weight excluding hydrogens is 439 g/mol. The number of aromatic nitrogens is 1. The first-order chi connectivity index (χ1) is 12.5. The smallest absolute Gasteiger partial charge is 0.256 e. The summed E-state index contributed by atoms with van der Waals surface area (Å²) in [6.07, 6.45) is 1.66. The average molecular weight is 454 g/mol. The van der Waals surface area contributed by atoms with Crippen molar-refractivity contribution in [3.63, 3.8) is 0 Å². The summed E-state index contributed by atoms with van der Waals surface area (Å²) in [4.78, 5) is 19.1. The SMILES string of the molecule is O=C(c1cc(Br)ccc1F)N1CCC(c2nc3cc(Cl)ccc3s2)CC1. The topological polar surface area (TPSA) is 33.2 Å². The number of hydrogen-bond acceptors (Lipinski definition) is 3. The van der Waals surface area contributed by atoms with Gasteiger partial charge in [-0.05, 0) is 49.2 Å². The molecule has 0 radical (unpaired) electrons. The highest BCUT2D eigenvalue weighted by Gasteiger charge is 2.27. The molecule has 0 bridgehead atoms. The van der Waals surface area contributed by atoms with E-state index in [2.05, 4.69) is 15.9 Å². The highest BCUT2D eigenvalue weighted by molar-refractivity contribution is 9.10. The molecule has 4 rings (SSSR count). The Morgan fingerprint density at radius 2 is 2.00 bits per heavy atom. The molecule has 0 N–H and O–H groups in total. The summed E-state index contributed by atoms with van der Waals surface area (Å²) in [6.45, 7) is 1.21. The van der Waals surface area contributed by atoms with Crippen LogP contribution >= 0.6 is 38.9 Å². The van der Waals surface area contributed by atoms with Gasteiger partial charge in [0.1, 0.15) is 5.82 Å². The first kappa shape index (κ1) is 17.9. The third kappa shape index (κ3) is 3.50. The molecular formula is C19H15BrClFN2OS. The number of carbonyl (C=O) groups excluding carboxylic acids is 1. The Hall–Kier alpha value is -1.50. The van der Waals surface area contributed by atoms with Crippen LogP contribution in [0.1, 0.15) is 34.1 Å². The second-order valence-electron chi connectivity index (χ2n) is 6.35. The lowest BCUT2D eigenvalue weighted by atomic mass is 9.97. The average Bonchev–Trinajstić information content (AvgIpc) is 3.06. The molecule has 26 heavy (non-hydrogen) atoms. The minimum absolute atomic E-state index is 0.118. The van der Waals surface area contributed by atoms with Crippen LogP contribution in [0.15, 0.2) is 40.9 Å². The van der Waals surface area contributed by atoms with Crippen molar-refractivity contribution < 1.29 is 9.18 Å². The third-order valence-electron chi connectivity index (χ3n) is 4.66. The molecule has 1 aliphatic rings. The van der Waals surface area contributed by atoms with Gasteiger partial charge >= 0.3 is 0 Å². The molecule has 2 aromatic carbocycles. The van der Waals surface area contributed by atoms with Crippen LogP contribution in [-0.4, -0.2) is 28.9 Å². The number of hydrogen-bond donors (Lipinski definition) is 0. The second-order valence-corrected chi connectivity index (χ2v) is 8.77. The van der Waals surface area contributed by atoms with Gasteiger partial charge in [0.2, 0.25) is 0 Å². The molecule has 7 heteroatoms. The van der Waals surface area contributed by atoms with Crippen molar-refractivity contribution in [3.8, 4) is 0 Å². The zero-order chi connectivity index (χ0) is 18.3. The Morgan fingerprint density at radius 1 is 1.23 bits per heavy atom. The van der Waals surface area contributed by atoms with Gasteiger partial charge in [0.15, 0.2) is 0 Å². The van der Waals surface area contributed by atoms with Crippen LogP contribution in [0.25, 0.3) is 10.2 Å². The molecule has 1 saturated heterocycles. The standard InChI is InChI=1S/C19H15BrClFN2OS/c20-12-1-3-15(22)14(9-12)19(25)24-7-5-11(6-8-24)18-23-16-10-13(21)2-4-17(16)26-18/h1-4,9-11H,5-8H2. The lowest BCUT2D eigenvalue weighted by Crippen LogP contribution is -2.38. The van der Waals surface area contributed by atoms with Crippen LogP contribution < -0.4 is 0 Å². The van der Waals surface area contributed by atoms with E-state index >= 15 is 0 Å². The Labute approximate surface area is 167 Å². The zero-order valence-corrected chi connectivity index (χ0v) is 16.9. The van der Waals surface area contributed by atoms with E-state index in [1.807, 2.05) is 18.2 Å². The molecule has 1 amide bonds. The number of carbonyl (C=O) groups is 1. The second kappa shape index (κ2) is 7.25. The van der Waals surface area contributed by atoms with Crippen molar-refractivity contribution in [1.82, 2.24) is 9.88 Å². The molecule has 1 aromatic heterocycles. The minimum atomic E-state index is -0.483. The predicted molar refractivity (Wildman–Crippen MR) is 107 cm³/mol. The van der Waals surface area contributed by atoms with Gasteiger partial charge in [-0.15, -0.1) is 11.3 Å². The first-order valence-electron chi connectivity index (χ1n) is 8.31. The van der Waals surface area contributed by atoms with Crippen molar-refractivity contribution in [2.75, 3.05) is 13.1 Å². The fourth-order valence-electron chi connectivity index (χ4n) is 3.25. The van der Waals surface area contributed by atoms with Crippen molar-refractivity contribution in [2.24, 2.45) is 0 Å². The Balaban J connectivity index is 1.48. The molecule has 0 unspecified atom stereocenters. The molecule has 0 spiro atoms. The van der Waals surface area contributed by atoms with Crippen molar-refractivity contribution in [2.45, 2.75) is 18.8 Å². The summed E-state index contributed by atoms with van der Waals surface area (Å²) in [5.41, 5.74) is 1.04. The van der Waals surface area contributed by atoms with E-state index in [-0.39, 0.29) is 11.5 Å². The highest BCUT2D eigenvalue weighted by atomic mass is 79.9. The van der Waals surface area contributed by atoms with Gasteiger partial charge < -0.3 is 4.90 Å². The first-order valence-corrected chi connectivity index (χ1v) is 10.3. The van der Waals surface area contributed by atoms with Gasteiger partial charge in [0.05, 0.1) is 20.8 Å². The third-order valence-corrected chi connectivity index (χ3v) is 6.58. The fraction of sp³-hybridized carbons (Fsp3) is 0.263. The molecule has 0 aliphatic carbocycles. The number of halogens is 3. The molecule has 0 saturated carbocycles. The number of amides is 1. The summed E-state index contributed by atoms with van der Waals surface area (Å²) >= 11 is 11.0. The largest absolute Gasteiger partial charge is 0.339 e. The summed E-state index contributed by atoms with van der Waals surface area (Å²) < 4.78 is 15.8. The van der Waals surface area contributed by atoms with Gasteiger partial charge in [-0.25, -0.2) is 9.37 Å². The fourth-order valence-corrected chi connectivity index (χ4v) is 4.90. The normalized spacial score (nSPS) is 15.6. The van der Waals surface area contributed by atoms with Crippen molar-refractivity contribution >= 4 is 55.0 Å². The van der Waals surface area contributed by atoms with Crippen LogP contribution in [0.3, 0.4) is 0 Å². The molecule has 2 heterocycles. The number of piperidine rings is 1. The lowest BCUT2D eigenvalue weighted by Gasteiger charge is -2.31. The maximum atomic E-state index is 14.0. The van der Waals surface area contributed by atoms with E-state index in [4.69, 9.17) is 16.6 Å². The molecule has 3 aromatic rings. The molecule has 3 nitrogen and oxygen atoms in total. The number of thiazole rings is 1. The number of nitrogens with zero attached hydrogens (tertiary/aromatic N) is 2. The van der Waals surface area contributed by atoms with Gasteiger partial charge in [-0.1, -0.05) is 27.5 Å². The number of rotatable bonds is 2. The zero-order valence-electron chi connectivity index (χ0n) is 13.7. The van der Waals surface area contributed by atoms with Crippen LogP contribution in [0.4, 0.5) is 4.39 Å². The molecule has 1 aliphatic heterocycles. The van der Waals surface area contributed by atoms with Gasteiger partial charge in [0, 0.05) is 28.5 Å². The molecule has 1 fully saturated rings. The van der Waals surface area contributed by atoms with Crippen LogP contribution in [0.2, 0.25) is 5.02 Å². The summed E-state index contributed by atoms with van der Waals surface area (Å²) in [7, 11) is 0. The van der Waals surface area contributed by atoms with E-state index < -0.39 is 5.82 Å². The maximum absolute atomic E-state index is 14.0. The molecule has 134 valence electrons. The van der Waals surface area contributed by atoms with Crippen molar-refractivity contribution in [1.29, 1.82) is 0 Å².